The van der Waals surface area contributed by atoms with Crippen LogP contribution in [0.2, 0.25) is 0 Å². The summed E-state index contributed by atoms with van der Waals surface area (Å²) in [4.78, 5) is 26.0. The molecule has 3 rings (SSSR count). The number of carbonyl (C=O) groups is 2. The van der Waals surface area contributed by atoms with Crippen LogP contribution in [0.25, 0.3) is 0 Å². The molecule has 1 aromatic carbocycles. The van der Waals surface area contributed by atoms with Crippen LogP contribution in [0.1, 0.15) is 37.8 Å². The van der Waals surface area contributed by atoms with Crippen molar-refractivity contribution in [2.75, 3.05) is 19.7 Å². The van der Waals surface area contributed by atoms with E-state index in [0.29, 0.717) is 39.1 Å². The SMILES string of the molecule is C=CC(=O)N1CCC(C(=O)NCc2cc3c(cc2OCC)CC(C)O3)CC1. The van der Waals surface area contributed by atoms with Gasteiger partial charge in [-0.15, -0.1) is 0 Å². The second-order valence-corrected chi connectivity index (χ2v) is 7.15. The number of benzene rings is 1. The summed E-state index contributed by atoms with van der Waals surface area (Å²) in [5.41, 5.74) is 2.08. The van der Waals surface area contributed by atoms with Crippen LogP contribution in [0.4, 0.5) is 0 Å². The van der Waals surface area contributed by atoms with E-state index in [1.165, 1.54) is 6.08 Å². The molecule has 0 saturated carbocycles. The predicted octanol–water partition coefficient (Wildman–Crippen LogP) is 2.45. The van der Waals surface area contributed by atoms with Crippen LogP contribution < -0.4 is 14.8 Å². The quantitative estimate of drug-likeness (QED) is 0.779. The number of hydrogen-bond acceptors (Lipinski definition) is 4. The van der Waals surface area contributed by atoms with E-state index in [4.69, 9.17) is 9.47 Å². The molecule has 6 heteroatoms. The van der Waals surface area contributed by atoms with Gasteiger partial charge in [0.25, 0.3) is 0 Å². The highest BCUT2D eigenvalue weighted by molar-refractivity contribution is 5.87. The Kier molecular flexibility index (Phi) is 6.04. The summed E-state index contributed by atoms with van der Waals surface area (Å²) in [5, 5.41) is 3.03. The van der Waals surface area contributed by atoms with Gasteiger partial charge in [0.1, 0.15) is 17.6 Å². The Hall–Kier alpha value is -2.50. The van der Waals surface area contributed by atoms with Gasteiger partial charge >= 0.3 is 0 Å². The summed E-state index contributed by atoms with van der Waals surface area (Å²) in [6.07, 6.45) is 3.72. The summed E-state index contributed by atoms with van der Waals surface area (Å²) < 4.78 is 11.6. The normalized spacial score (nSPS) is 19.2. The van der Waals surface area contributed by atoms with Gasteiger partial charge in [0.15, 0.2) is 0 Å². The van der Waals surface area contributed by atoms with E-state index >= 15 is 0 Å². The average molecular weight is 372 g/mol. The van der Waals surface area contributed by atoms with Gasteiger partial charge in [0, 0.05) is 43.1 Å². The molecule has 1 unspecified atom stereocenters. The Morgan fingerprint density at radius 2 is 2.11 bits per heavy atom. The minimum absolute atomic E-state index is 0.0259. The van der Waals surface area contributed by atoms with E-state index in [1.54, 1.807) is 4.90 Å². The van der Waals surface area contributed by atoms with Gasteiger partial charge in [-0.25, -0.2) is 0 Å². The molecule has 0 aromatic heterocycles. The third kappa shape index (κ3) is 4.43. The topological polar surface area (TPSA) is 67.9 Å². The second kappa shape index (κ2) is 8.46. The van der Waals surface area contributed by atoms with Gasteiger partial charge in [-0.2, -0.15) is 0 Å². The van der Waals surface area contributed by atoms with Crippen LogP contribution in [0.5, 0.6) is 11.5 Å². The zero-order chi connectivity index (χ0) is 19.4. The molecule has 0 radical (unpaired) electrons. The standard InChI is InChI=1S/C21H28N2O4/c1-4-20(24)23-8-6-15(7-9-23)21(25)22-13-17-12-19-16(10-14(3)27-19)11-18(17)26-5-2/h4,11-12,14-15H,1,5-10,13H2,2-3H3,(H,22,25). The maximum Gasteiger partial charge on any atom is 0.245 e. The van der Waals surface area contributed by atoms with Gasteiger partial charge in [-0.1, -0.05) is 6.58 Å². The number of hydrogen-bond donors (Lipinski definition) is 1. The lowest BCUT2D eigenvalue weighted by Gasteiger charge is -2.30. The Bertz CT molecular complexity index is 723. The fourth-order valence-corrected chi connectivity index (χ4v) is 3.73. The minimum Gasteiger partial charge on any atom is -0.494 e. The van der Waals surface area contributed by atoms with Gasteiger partial charge in [0.2, 0.25) is 11.8 Å². The molecular formula is C21H28N2O4. The third-order valence-corrected chi connectivity index (χ3v) is 5.18. The molecule has 2 heterocycles. The van der Waals surface area contributed by atoms with Crippen molar-refractivity contribution in [3.8, 4) is 11.5 Å². The lowest BCUT2D eigenvalue weighted by atomic mass is 9.95. The van der Waals surface area contributed by atoms with E-state index in [1.807, 2.05) is 26.0 Å². The number of ether oxygens (including phenoxy) is 2. The molecule has 1 fully saturated rings. The first kappa shape index (κ1) is 19.3. The van der Waals surface area contributed by atoms with Crippen molar-refractivity contribution in [1.82, 2.24) is 10.2 Å². The van der Waals surface area contributed by atoms with Crippen molar-refractivity contribution >= 4 is 11.8 Å². The third-order valence-electron chi connectivity index (χ3n) is 5.18. The highest BCUT2D eigenvalue weighted by Crippen LogP contribution is 2.35. The Labute approximate surface area is 160 Å². The van der Waals surface area contributed by atoms with Gasteiger partial charge < -0.3 is 19.7 Å². The van der Waals surface area contributed by atoms with Crippen LogP contribution >= 0.6 is 0 Å². The monoisotopic (exact) mass is 372 g/mol. The van der Waals surface area contributed by atoms with Crippen LogP contribution in [0, 0.1) is 5.92 Å². The molecule has 0 spiro atoms. The zero-order valence-electron chi connectivity index (χ0n) is 16.1. The van der Waals surface area contributed by atoms with E-state index in [2.05, 4.69) is 11.9 Å². The molecule has 6 nitrogen and oxygen atoms in total. The Morgan fingerprint density at radius 1 is 1.37 bits per heavy atom. The molecule has 1 saturated heterocycles. The van der Waals surface area contributed by atoms with E-state index in [0.717, 1.165) is 29.0 Å². The number of nitrogens with zero attached hydrogens (tertiary/aromatic N) is 1. The molecule has 2 aliphatic rings. The molecule has 1 atom stereocenters. The summed E-state index contributed by atoms with van der Waals surface area (Å²) in [5.74, 6) is 1.58. The smallest absolute Gasteiger partial charge is 0.245 e. The zero-order valence-corrected chi connectivity index (χ0v) is 16.1. The van der Waals surface area contributed by atoms with Crippen molar-refractivity contribution in [2.45, 2.75) is 45.8 Å². The molecule has 2 amide bonds. The maximum atomic E-state index is 12.6. The molecule has 2 aliphatic heterocycles. The van der Waals surface area contributed by atoms with Crippen molar-refractivity contribution in [3.05, 3.63) is 35.9 Å². The largest absolute Gasteiger partial charge is 0.494 e. The van der Waals surface area contributed by atoms with Crippen molar-refractivity contribution < 1.29 is 19.1 Å². The minimum atomic E-state index is -0.0693. The number of likely N-dealkylation sites (tertiary alicyclic amines) is 1. The molecule has 146 valence electrons. The van der Waals surface area contributed by atoms with E-state index in [9.17, 15) is 9.59 Å². The number of fused-ring (bicyclic) bond motifs is 1. The average Bonchev–Trinajstić information content (AvgIpc) is 3.04. The summed E-state index contributed by atoms with van der Waals surface area (Å²) >= 11 is 0. The Morgan fingerprint density at radius 3 is 2.78 bits per heavy atom. The van der Waals surface area contributed by atoms with Crippen LogP contribution in [-0.4, -0.2) is 42.5 Å². The van der Waals surface area contributed by atoms with Crippen molar-refractivity contribution in [1.29, 1.82) is 0 Å². The summed E-state index contributed by atoms with van der Waals surface area (Å²) in [6.45, 7) is 9.68. The highest BCUT2D eigenvalue weighted by Gasteiger charge is 2.27. The lowest BCUT2D eigenvalue weighted by Crippen LogP contribution is -2.42. The number of rotatable bonds is 6. The van der Waals surface area contributed by atoms with Crippen LogP contribution in [0.15, 0.2) is 24.8 Å². The second-order valence-electron chi connectivity index (χ2n) is 7.15. The summed E-state index contributed by atoms with van der Waals surface area (Å²) in [6, 6.07) is 4.01. The fraction of sp³-hybridized carbons (Fsp3) is 0.524. The molecule has 0 aliphatic carbocycles. The fourth-order valence-electron chi connectivity index (χ4n) is 3.73. The first-order valence-corrected chi connectivity index (χ1v) is 9.66. The van der Waals surface area contributed by atoms with Crippen LogP contribution in [-0.2, 0) is 22.6 Å². The number of amides is 2. The number of carbonyl (C=O) groups excluding carboxylic acids is 2. The number of nitrogens with one attached hydrogen (secondary N) is 1. The molecule has 27 heavy (non-hydrogen) atoms. The first-order chi connectivity index (χ1) is 13.0. The van der Waals surface area contributed by atoms with Crippen molar-refractivity contribution in [2.24, 2.45) is 5.92 Å². The van der Waals surface area contributed by atoms with Crippen LogP contribution in [0.3, 0.4) is 0 Å². The van der Waals surface area contributed by atoms with Crippen molar-refractivity contribution in [3.63, 3.8) is 0 Å². The maximum absolute atomic E-state index is 12.6. The van der Waals surface area contributed by atoms with Gasteiger partial charge in [-0.3, -0.25) is 9.59 Å². The molecule has 1 N–H and O–H groups in total. The summed E-state index contributed by atoms with van der Waals surface area (Å²) in [7, 11) is 0. The lowest BCUT2D eigenvalue weighted by molar-refractivity contribution is -0.132. The van der Waals surface area contributed by atoms with Gasteiger partial charge in [-0.05, 0) is 44.9 Å². The number of piperidine rings is 1. The molecule has 1 aromatic rings. The van der Waals surface area contributed by atoms with E-state index < -0.39 is 0 Å². The van der Waals surface area contributed by atoms with Gasteiger partial charge in [0.05, 0.1) is 6.61 Å². The molecular weight excluding hydrogens is 344 g/mol. The molecule has 0 bridgehead atoms. The van der Waals surface area contributed by atoms with E-state index in [-0.39, 0.29) is 23.8 Å². The highest BCUT2D eigenvalue weighted by atomic mass is 16.5. The first-order valence-electron chi connectivity index (χ1n) is 9.66. The predicted molar refractivity (Wildman–Crippen MR) is 103 cm³/mol. The Balaban J connectivity index is 1.60.